The van der Waals surface area contributed by atoms with Crippen molar-refractivity contribution in [1.82, 2.24) is 15.1 Å². The van der Waals surface area contributed by atoms with Gasteiger partial charge in [-0.25, -0.2) is 0 Å². The first-order valence-corrected chi connectivity index (χ1v) is 7.60. The number of nitrogens with zero attached hydrogens (tertiary/aromatic N) is 2. The summed E-state index contributed by atoms with van der Waals surface area (Å²) in [6.07, 6.45) is 11.8. The van der Waals surface area contributed by atoms with E-state index in [0.29, 0.717) is 12.1 Å². The molecule has 2 atom stereocenters. The second kappa shape index (κ2) is 7.65. The van der Waals surface area contributed by atoms with Crippen molar-refractivity contribution in [2.75, 3.05) is 13.2 Å². The van der Waals surface area contributed by atoms with Crippen LogP contribution < -0.4 is 5.32 Å². The quantitative estimate of drug-likeness (QED) is 0.822. The number of hydrogen-bond donors (Lipinski definition) is 1. The molecule has 0 saturated carbocycles. The largest absolute Gasteiger partial charge is 0.378 e. The van der Waals surface area contributed by atoms with Crippen molar-refractivity contribution < 1.29 is 4.74 Å². The molecule has 1 saturated heterocycles. The molecule has 0 amide bonds. The Labute approximate surface area is 116 Å². The molecule has 1 aromatic rings. The molecule has 1 aromatic heterocycles. The fraction of sp³-hybridized carbons (Fsp3) is 0.800. The Morgan fingerprint density at radius 3 is 3.05 bits per heavy atom. The second-order valence-corrected chi connectivity index (χ2v) is 5.55. The van der Waals surface area contributed by atoms with Gasteiger partial charge in [-0.3, -0.25) is 4.68 Å². The SMILES string of the molecule is CCNC(CCC1CCCCO1)Cc1cnn(C)c1. The average molecular weight is 265 g/mol. The van der Waals surface area contributed by atoms with Gasteiger partial charge in [0.15, 0.2) is 0 Å². The molecule has 2 rings (SSSR count). The van der Waals surface area contributed by atoms with Gasteiger partial charge in [-0.1, -0.05) is 6.92 Å². The van der Waals surface area contributed by atoms with Crippen LogP contribution in [0.1, 0.15) is 44.6 Å². The van der Waals surface area contributed by atoms with Gasteiger partial charge in [0.2, 0.25) is 0 Å². The second-order valence-electron chi connectivity index (χ2n) is 5.55. The lowest BCUT2D eigenvalue weighted by Gasteiger charge is -2.25. The van der Waals surface area contributed by atoms with E-state index in [1.54, 1.807) is 0 Å². The maximum atomic E-state index is 5.82. The Morgan fingerprint density at radius 1 is 1.53 bits per heavy atom. The van der Waals surface area contributed by atoms with Crippen LogP contribution in [0.4, 0.5) is 0 Å². The molecule has 0 radical (unpaired) electrons. The number of nitrogens with one attached hydrogen (secondary N) is 1. The molecule has 0 aromatic carbocycles. The van der Waals surface area contributed by atoms with Crippen molar-refractivity contribution in [2.24, 2.45) is 7.05 Å². The number of ether oxygens (including phenoxy) is 1. The first-order valence-electron chi connectivity index (χ1n) is 7.60. The van der Waals surface area contributed by atoms with E-state index >= 15 is 0 Å². The number of hydrogen-bond acceptors (Lipinski definition) is 3. The van der Waals surface area contributed by atoms with Crippen molar-refractivity contribution in [3.63, 3.8) is 0 Å². The van der Waals surface area contributed by atoms with Crippen molar-refractivity contribution in [1.29, 1.82) is 0 Å². The van der Waals surface area contributed by atoms with Crippen molar-refractivity contribution in [2.45, 2.75) is 57.6 Å². The Balaban J connectivity index is 1.78. The molecule has 0 bridgehead atoms. The Morgan fingerprint density at radius 2 is 2.42 bits per heavy atom. The van der Waals surface area contributed by atoms with E-state index in [4.69, 9.17) is 4.74 Å². The fourth-order valence-electron chi connectivity index (χ4n) is 2.85. The van der Waals surface area contributed by atoms with Crippen LogP contribution in [0.25, 0.3) is 0 Å². The van der Waals surface area contributed by atoms with E-state index in [1.807, 2.05) is 17.9 Å². The minimum atomic E-state index is 0.490. The normalized spacial score (nSPS) is 21.5. The van der Waals surface area contributed by atoms with Crippen LogP contribution in [0.3, 0.4) is 0 Å². The minimum absolute atomic E-state index is 0.490. The number of rotatable bonds is 7. The van der Waals surface area contributed by atoms with Crippen LogP contribution in [0.15, 0.2) is 12.4 Å². The molecule has 1 aliphatic heterocycles. The summed E-state index contributed by atoms with van der Waals surface area (Å²) in [5.41, 5.74) is 1.32. The van der Waals surface area contributed by atoms with Gasteiger partial charge in [-0.15, -0.1) is 0 Å². The van der Waals surface area contributed by atoms with Crippen molar-refractivity contribution in [3.05, 3.63) is 18.0 Å². The van der Waals surface area contributed by atoms with Gasteiger partial charge in [-0.2, -0.15) is 5.10 Å². The lowest BCUT2D eigenvalue weighted by atomic mass is 9.98. The van der Waals surface area contributed by atoms with Gasteiger partial charge in [-0.05, 0) is 50.6 Å². The van der Waals surface area contributed by atoms with Gasteiger partial charge in [0, 0.05) is 25.9 Å². The first kappa shape index (κ1) is 14.5. The van der Waals surface area contributed by atoms with E-state index in [-0.39, 0.29) is 0 Å². The zero-order valence-electron chi connectivity index (χ0n) is 12.3. The summed E-state index contributed by atoms with van der Waals surface area (Å²) >= 11 is 0. The van der Waals surface area contributed by atoms with E-state index in [2.05, 4.69) is 23.5 Å². The third kappa shape index (κ3) is 4.96. The van der Waals surface area contributed by atoms with Gasteiger partial charge in [0.25, 0.3) is 0 Å². The molecule has 2 heterocycles. The van der Waals surface area contributed by atoms with E-state index in [9.17, 15) is 0 Å². The first-order chi connectivity index (χ1) is 9.28. The lowest BCUT2D eigenvalue weighted by molar-refractivity contribution is 0.00860. The maximum Gasteiger partial charge on any atom is 0.0575 e. The number of likely N-dealkylation sites (N-methyl/N-ethyl adjacent to an activating group) is 1. The highest BCUT2D eigenvalue weighted by atomic mass is 16.5. The van der Waals surface area contributed by atoms with Gasteiger partial charge >= 0.3 is 0 Å². The topological polar surface area (TPSA) is 39.1 Å². The van der Waals surface area contributed by atoms with E-state index in [1.165, 1.54) is 37.7 Å². The summed E-state index contributed by atoms with van der Waals surface area (Å²) in [7, 11) is 1.97. The van der Waals surface area contributed by atoms with E-state index < -0.39 is 0 Å². The summed E-state index contributed by atoms with van der Waals surface area (Å²) in [4.78, 5) is 0. The zero-order chi connectivity index (χ0) is 13.5. The monoisotopic (exact) mass is 265 g/mol. The molecule has 4 heteroatoms. The van der Waals surface area contributed by atoms with Crippen LogP contribution in [0.2, 0.25) is 0 Å². The summed E-state index contributed by atoms with van der Waals surface area (Å²) in [5.74, 6) is 0. The Kier molecular flexibility index (Phi) is 5.86. The molecular formula is C15H27N3O. The Bertz CT molecular complexity index is 358. The molecule has 4 nitrogen and oxygen atoms in total. The molecule has 19 heavy (non-hydrogen) atoms. The smallest absolute Gasteiger partial charge is 0.0575 e. The molecule has 2 unspecified atom stereocenters. The predicted octanol–water partition coefficient (Wildman–Crippen LogP) is 2.29. The minimum Gasteiger partial charge on any atom is -0.378 e. The molecule has 108 valence electrons. The summed E-state index contributed by atoms with van der Waals surface area (Å²) in [6.45, 7) is 4.16. The lowest BCUT2D eigenvalue weighted by Crippen LogP contribution is -2.32. The molecular weight excluding hydrogens is 238 g/mol. The van der Waals surface area contributed by atoms with Crippen molar-refractivity contribution in [3.8, 4) is 0 Å². The molecule has 1 N–H and O–H groups in total. The summed E-state index contributed by atoms with van der Waals surface area (Å²) < 4.78 is 7.69. The summed E-state index contributed by atoms with van der Waals surface area (Å²) in [5, 5.41) is 7.83. The summed E-state index contributed by atoms with van der Waals surface area (Å²) in [6, 6.07) is 0.541. The van der Waals surface area contributed by atoms with Crippen molar-refractivity contribution >= 4 is 0 Å². The average Bonchev–Trinajstić information content (AvgIpc) is 2.83. The zero-order valence-corrected chi connectivity index (χ0v) is 12.3. The van der Waals surface area contributed by atoms with E-state index in [0.717, 1.165) is 19.6 Å². The standard InChI is InChI=1S/C15H27N3O/c1-3-16-14(10-13-11-17-18(2)12-13)7-8-15-6-4-5-9-19-15/h11-12,14-16H,3-10H2,1-2H3. The molecule has 0 spiro atoms. The third-order valence-electron chi connectivity index (χ3n) is 3.84. The fourth-order valence-corrected chi connectivity index (χ4v) is 2.85. The van der Waals surface area contributed by atoms with Crippen LogP contribution in [0.5, 0.6) is 0 Å². The number of aryl methyl sites for hydroxylation is 1. The maximum absolute atomic E-state index is 5.82. The van der Waals surface area contributed by atoms with Crippen LogP contribution in [-0.4, -0.2) is 35.1 Å². The Hall–Kier alpha value is -0.870. The number of aromatic nitrogens is 2. The molecule has 0 aliphatic carbocycles. The highest BCUT2D eigenvalue weighted by molar-refractivity contribution is 5.05. The highest BCUT2D eigenvalue weighted by Gasteiger charge is 2.17. The van der Waals surface area contributed by atoms with Gasteiger partial charge < -0.3 is 10.1 Å². The van der Waals surface area contributed by atoms with Crippen LogP contribution in [0, 0.1) is 0 Å². The van der Waals surface area contributed by atoms with Gasteiger partial charge in [0.05, 0.1) is 12.3 Å². The molecule has 1 fully saturated rings. The predicted molar refractivity (Wildman–Crippen MR) is 77.2 cm³/mol. The third-order valence-corrected chi connectivity index (χ3v) is 3.84. The molecule has 1 aliphatic rings. The van der Waals surface area contributed by atoms with Crippen LogP contribution in [-0.2, 0) is 18.2 Å². The van der Waals surface area contributed by atoms with Crippen LogP contribution >= 0.6 is 0 Å². The highest BCUT2D eigenvalue weighted by Crippen LogP contribution is 2.18. The van der Waals surface area contributed by atoms with Gasteiger partial charge in [0.1, 0.15) is 0 Å².